The Morgan fingerprint density at radius 3 is 2.78 bits per heavy atom. The van der Waals surface area contributed by atoms with Crippen LogP contribution in [0.15, 0.2) is 23.6 Å². The van der Waals surface area contributed by atoms with Gasteiger partial charge < -0.3 is 20.5 Å². The monoisotopic (exact) mass is 357 g/mol. The molecule has 126 valence electrons. The lowest BCUT2D eigenvalue weighted by Crippen LogP contribution is -2.23. The van der Waals surface area contributed by atoms with Gasteiger partial charge in [-0.15, -0.1) is 23.7 Å². The van der Waals surface area contributed by atoms with Crippen LogP contribution in [-0.4, -0.2) is 31.7 Å². The van der Waals surface area contributed by atoms with Gasteiger partial charge in [0.05, 0.1) is 19.2 Å². The Morgan fingerprint density at radius 2 is 2.13 bits per heavy atom. The van der Waals surface area contributed by atoms with E-state index in [0.29, 0.717) is 36.7 Å². The van der Waals surface area contributed by atoms with Crippen LogP contribution < -0.4 is 20.5 Å². The number of nitrogens with zero attached hydrogens (tertiary/aromatic N) is 1. The van der Waals surface area contributed by atoms with E-state index in [4.69, 9.17) is 15.2 Å². The highest BCUT2D eigenvalue weighted by Gasteiger charge is 2.12. The van der Waals surface area contributed by atoms with Crippen LogP contribution in [0, 0.1) is 0 Å². The van der Waals surface area contributed by atoms with E-state index in [1.807, 2.05) is 18.2 Å². The lowest BCUT2D eigenvalue weighted by molar-refractivity contribution is 0.0946. The molecule has 0 spiro atoms. The highest BCUT2D eigenvalue weighted by Crippen LogP contribution is 2.23. The molecule has 0 aliphatic carbocycles. The number of amides is 1. The van der Waals surface area contributed by atoms with Crippen molar-refractivity contribution in [1.82, 2.24) is 10.3 Å². The number of rotatable bonds is 7. The number of nitrogens with one attached hydrogen (secondary N) is 1. The van der Waals surface area contributed by atoms with Gasteiger partial charge in [-0.2, -0.15) is 0 Å². The maximum Gasteiger partial charge on any atom is 0.271 e. The molecule has 0 fully saturated rings. The van der Waals surface area contributed by atoms with Gasteiger partial charge in [0.2, 0.25) is 0 Å². The van der Waals surface area contributed by atoms with Gasteiger partial charge >= 0.3 is 0 Å². The molecule has 1 amide bonds. The lowest BCUT2D eigenvalue weighted by atomic mass is 10.2. The van der Waals surface area contributed by atoms with Gasteiger partial charge in [-0.1, -0.05) is 0 Å². The number of hydrogen-bond donors (Lipinski definition) is 2. The van der Waals surface area contributed by atoms with Gasteiger partial charge in [0.25, 0.3) is 5.91 Å². The summed E-state index contributed by atoms with van der Waals surface area (Å²) in [6.07, 6.45) is 0.682. The minimum atomic E-state index is -0.218. The fourth-order valence-electron chi connectivity index (χ4n) is 1.94. The summed E-state index contributed by atoms with van der Waals surface area (Å²) in [5.41, 5.74) is 6.73. The van der Waals surface area contributed by atoms with E-state index in [1.54, 1.807) is 19.6 Å². The number of carbonyl (C=O) groups is 1. The van der Waals surface area contributed by atoms with Gasteiger partial charge in [0, 0.05) is 23.9 Å². The van der Waals surface area contributed by atoms with Crippen LogP contribution in [0.4, 0.5) is 0 Å². The molecule has 0 radical (unpaired) electrons. The number of methoxy groups -OCH3 is 2. The van der Waals surface area contributed by atoms with Crippen molar-refractivity contribution in [3.05, 3.63) is 39.8 Å². The molecule has 0 unspecified atom stereocenters. The molecule has 0 saturated carbocycles. The highest BCUT2D eigenvalue weighted by molar-refractivity contribution is 7.09. The molecule has 23 heavy (non-hydrogen) atoms. The molecule has 2 aromatic rings. The van der Waals surface area contributed by atoms with Crippen molar-refractivity contribution in [2.24, 2.45) is 5.73 Å². The maximum atomic E-state index is 12.1. The number of hydrogen-bond acceptors (Lipinski definition) is 6. The van der Waals surface area contributed by atoms with E-state index in [2.05, 4.69) is 10.3 Å². The van der Waals surface area contributed by atoms with Gasteiger partial charge in [0.15, 0.2) is 0 Å². The number of carbonyl (C=O) groups excluding carboxylic acids is 1. The Labute approximate surface area is 145 Å². The van der Waals surface area contributed by atoms with Crippen molar-refractivity contribution in [2.45, 2.75) is 13.0 Å². The summed E-state index contributed by atoms with van der Waals surface area (Å²) in [5.74, 6) is 1.19. The molecule has 0 atom stereocenters. The molecule has 2 rings (SSSR count). The van der Waals surface area contributed by atoms with Gasteiger partial charge in [-0.25, -0.2) is 4.98 Å². The fourth-order valence-corrected chi connectivity index (χ4v) is 2.73. The fraction of sp³-hybridized carbons (Fsp3) is 0.333. The van der Waals surface area contributed by atoms with E-state index < -0.39 is 0 Å². The van der Waals surface area contributed by atoms with Crippen molar-refractivity contribution in [3.8, 4) is 11.5 Å². The second kappa shape index (κ2) is 9.34. The quantitative estimate of drug-likeness (QED) is 0.791. The molecule has 0 saturated heterocycles. The molecule has 0 aliphatic rings. The summed E-state index contributed by atoms with van der Waals surface area (Å²) < 4.78 is 10.5. The van der Waals surface area contributed by atoms with Crippen molar-refractivity contribution in [3.63, 3.8) is 0 Å². The van der Waals surface area contributed by atoms with Gasteiger partial charge in [-0.05, 0) is 24.7 Å². The molecule has 1 aromatic carbocycles. The van der Waals surface area contributed by atoms with Crippen molar-refractivity contribution >= 4 is 29.7 Å². The second-order valence-electron chi connectivity index (χ2n) is 4.53. The van der Waals surface area contributed by atoms with Crippen molar-refractivity contribution < 1.29 is 14.3 Å². The molecule has 8 heteroatoms. The first kappa shape index (κ1) is 19.2. The molecule has 1 heterocycles. The maximum absolute atomic E-state index is 12.1. The van der Waals surface area contributed by atoms with E-state index >= 15 is 0 Å². The summed E-state index contributed by atoms with van der Waals surface area (Å²) in [6.45, 7) is 0.860. The lowest BCUT2D eigenvalue weighted by Gasteiger charge is -2.11. The summed E-state index contributed by atoms with van der Waals surface area (Å²) in [6, 6.07) is 5.45. The Hall–Kier alpha value is -1.83. The van der Waals surface area contributed by atoms with Crippen LogP contribution in [0.2, 0.25) is 0 Å². The number of halogens is 1. The van der Waals surface area contributed by atoms with Crippen LogP contribution in [-0.2, 0) is 13.0 Å². The summed E-state index contributed by atoms with van der Waals surface area (Å²) in [4.78, 5) is 16.4. The second-order valence-corrected chi connectivity index (χ2v) is 5.47. The third kappa shape index (κ3) is 5.09. The van der Waals surface area contributed by atoms with Crippen LogP contribution >= 0.6 is 23.7 Å². The van der Waals surface area contributed by atoms with Crippen LogP contribution in [0.1, 0.15) is 21.1 Å². The normalized spacial score (nSPS) is 9.87. The Balaban J connectivity index is 0.00000264. The zero-order chi connectivity index (χ0) is 15.9. The third-order valence-electron chi connectivity index (χ3n) is 3.07. The van der Waals surface area contributed by atoms with Gasteiger partial charge in [0.1, 0.15) is 17.2 Å². The average molecular weight is 358 g/mol. The topological polar surface area (TPSA) is 86.5 Å². The molecular weight excluding hydrogens is 338 g/mol. The zero-order valence-corrected chi connectivity index (χ0v) is 14.6. The SMILES string of the molecule is COc1ccc(OC)c(CNC(=O)c2csc(CCN)n2)c1.Cl. The molecule has 0 aliphatic heterocycles. The largest absolute Gasteiger partial charge is 0.497 e. The van der Waals surface area contributed by atoms with E-state index in [9.17, 15) is 4.79 Å². The molecule has 3 N–H and O–H groups in total. The average Bonchev–Trinajstić information content (AvgIpc) is 3.01. The highest BCUT2D eigenvalue weighted by atomic mass is 35.5. The first-order valence-electron chi connectivity index (χ1n) is 6.81. The van der Waals surface area contributed by atoms with Crippen molar-refractivity contribution in [1.29, 1.82) is 0 Å². The predicted molar refractivity (Wildman–Crippen MR) is 92.8 cm³/mol. The zero-order valence-electron chi connectivity index (χ0n) is 13.0. The Morgan fingerprint density at radius 1 is 1.35 bits per heavy atom. The number of aromatic nitrogens is 1. The standard InChI is InChI=1S/C15H19N3O3S.ClH/c1-20-11-3-4-13(21-2)10(7-11)8-17-15(19)12-9-22-14(18-12)5-6-16;/h3-4,7,9H,5-6,8,16H2,1-2H3,(H,17,19);1H. The number of benzene rings is 1. The molecular formula is C15H20ClN3O3S. The number of nitrogens with two attached hydrogens (primary N) is 1. The summed E-state index contributed by atoms with van der Waals surface area (Å²) in [7, 11) is 3.19. The third-order valence-corrected chi connectivity index (χ3v) is 3.98. The number of ether oxygens (including phenoxy) is 2. The Bertz CT molecular complexity index is 649. The van der Waals surface area contributed by atoms with E-state index in [-0.39, 0.29) is 18.3 Å². The van der Waals surface area contributed by atoms with Crippen LogP contribution in [0.25, 0.3) is 0 Å². The van der Waals surface area contributed by atoms with Crippen LogP contribution in [0.3, 0.4) is 0 Å². The molecule has 6 nitrogen and oxygen atoms in total. The van der Waals surface area contributed by atoms with Gasteiger partial charge in [-0.3, -0.25) is 4.79 Å². The summed E-state index contributed by atoms with van der Waals surface area (Å²) in [5, 5.41) is 5.44. The first-order valence-corrected chi connectivity index (χ1v) is 7.69. The summed E-state index contributed by atoms with van der Waals surface area (Å²) >= 11 is 1.44. The van der Waals surface area contributed by atoms with E-state index in [0.717, 1.165) is 10.6 Å². The van der Waals surface area contributed by atoms with Crippen molar-refractivity contribution in [2.75, 3.05) is 20.8 Å². The van der Waals surface area contributed by atoms with Crippen LogP contribution in [0.5, 0.6) is 11.5 Å². The minimum absolute atomic E-state index is 0. The predicted octanol–water partition coefficient (Wildman–Crippen LogP) is 2.01. The minimum Gasteiger partial charge on any atom is -0.497 e. The number of thiazole rings is 1. The smallest absolute Gasteiger partial charge is 0.271 e. The van der Waals surface area contributed by atoms with E-state index in [1.165, 1.54) is 11.3 Å². The first-order chi connectivity index (χ1) is 10.7. The molecule has 1 aromatic heterocycles. The molecule has 0 bridgehead atoms. The Kier molecular flexibility index (Phi) is 7.80.